The average molecular weight is 299 g/mol. The minimum atomic E-state index is 0. The third kappa shape index (κ3) is 4.12. The van der Waals surface area contributed by atoms with Crippen molar-refractivity contribution in [2.75, 3.05) is 38.5 Å². The maximum absolute atomic E-state index is 3.53. The van der Waals surface area contributed by atoms with Crippen molar-refractivity contribution in [2.24, 2.45) is 11.8 Å². The van der Waals surface area contributed by atoms with Crippen LogP contribution in [0.3, 0.4) is 0 Å². The first-order chi connectivity index (χ1) is 8.92. The minimum absolute atomic E-state index is 0. The van der Waals surface area contributed by atoms with Gasteiger partial charge in [0.1, 0.15) is 0 Å². The number of likely N-dealkylation sites (tertiary alicyclic amines) is 1. The Morgan fingerprint density at radius 3 is 2.79 bits per heavy atom. The number of thioether (sulfide) groups is 1. The number of hydrogen-bond acceptors (Lipinski definition) is 3. The zero-order valence-corrected chi connectivity index (χ0v) is 12.9. The molecule has 4 heteroatoms. The van der Waals surface area contributed by atoms with E-state index in [2.05, 4.69) is 40.5 Å². The normalized spacial score (nSPS) is 26.7. The number of rotatable bonds is 4. The van der Waals surface area contributed by atoms with E-state index in [0.717, 1.165) is 11.8 Å². The van der Waals surface area contributed by atoms with Gasteiger partial charge in [-0.2, -0.15) is 0 Å². The minimum Gasteiger partial charge on any atom is -0.316 e. The molecule has 0 amide bonds. The number of piperidine rings is 1. The van der Waals surface area contributed by atoms with Gasteiger partial charge in [-0.15, -0.1) is 24.2 Å². The van der Waals surface area contributed by atoms with Crippen LogP contribution >= 0.6 is 24.2 Å². The summed E-state index contributed by atoms with van der Waals surface area (Å²) in [5.41, 5.74) is 0. The van der Waals surface area contributed by atoms with Crippen molar-refractivity contribution in [1.29, 1.82) is 0 Å². The lowest BCUT2D eigenvalue weighted by Crippen LogP contribution is -2.40. The molecule has 2 atom stereocenters. The van der Waals surface area contributed by atoms with E-state index >= 15 is 0 Å². The summed E-state index contributed by atoms with van der Waals surface area (Å²) in [6.45, 7) is 6.36. The predicted octanol–water partition coefficient (Wildman–Crippen LogP) is 2.74. The molecule has 0 bridgehead atoms. The van der Waals surface area contributed by atoms with E-state index < -0.39 is 0 Å². The number of halogens is 1. The number of fused-ring (bicyclic) bond motifs is 1. The lowest BCUT2D eigenvalue weighted by Gasteiger charge is -2.34. The van der Waals surface area contributed by atoms with Gasteiger partial charge in [0.15, 0.2) is 0 Å². The fraction of sp³-hybridized carbons (Fsp3) is 0.600. The van der Waals surface area contributed by atoms with Crippen LogP contribution in [-0.4, -0.2) is 43.4 Å². The van der Waals surface area contributed by atoms with Gasteiger partial charge in [0.25, 0.3) is 0 Å². The molecule has 2 aliphatic heterocycles. The molecular formula is C15H23ClN2S. The van der Waals surface area contributed by atoms with Crippen LogP contribution in [0.1, 0.15) is 6.42 Å². The van der Waals surface area contributed by atoms with Gasteiger partial charge < -0.3 is 10.2 Å². The third-order valence-electron chi connectivity index (χ3n) is 4.21. The fourth-order valence-electron chi connectivity index (χ4n) is 3.12. The molecule has 0 saturated carbocycles. The molecule has 0 spiro atoms. The molecule has 2 aliphatic rings. The molecule has 0 radical (unpaired) electrons. The summed E-state index contributed by atoms with van der Waals surface area (Å²) < 4.78 is 0. The van der Waals surface area contributed by atoms with Crippen molar-refractivity contribution in [2.45, 2.75) is 11.3 Å². The largest absolute Gasteiger partial charge is 0.316 e. The van der Waals surface area contributed by atoms with Gasteiger partial charge in [-0.1, -0.05) is 18.2 Å². The van der Waals surface area contributed by atoms with Crippen LogP contribution in [0.4, 0.5) is 0 Å². The van der Waals surface area contributed by atoms with E-state index in [1.807, 2.05) is 11.8 Å². The average Bonchev–Trinajstić information content (AvgIpc) is 2.87. The Balaban J connectivity index is 0.00000133. The van der Waals surface area contributed by atoms with E-state index in [9.17, 15) is 0 Å². The molecule has 3 rings (SSSR count). The van der Waals surface area contributed by atoms with Gasteiger partial charge in [0.2, 0.25) is 0 Å². The second kappa shape index (κ2) is 7.53. The van der Waals surface area contributed by atoms with Gasteiger partial charge >= 0.3 is 0 Å². The first-order valence-corrected chi connectivity index (χ1v) is 8.01. The molecule has 1 aromatic rings. The maximum atomic E-state index is 3.53. The van der Waals surface area contributed by atoms with E-state index in [1.165, 1.54) is 49.8 Å². The van der Waals surface area contributed by atoms with Gasteiger partial charge in [-0.05, 0) is 50.0 Å². The number of nitrogens with zero attached hydrogens (tertiary/aromatic N) is 1. The quantitative estimate of drug-likeness (QED) is 0.861. The van der Waals surface area contributed by atoms with Gasteiger partial charge in [0, 0.05) is 23.7 Å². The van der Waals surface area contributed by atoms with Crippen molar-refractivity contribution in [3.8, 4) is 0 Å². The van der Waals surface area contributed by atoms with Gasteiger partial charge in [0.05, 0.1) is 0 Å². The molecular weight excluding hydrogens is 276 g/mol. The molecule has 2 nitrogen and oxygen atoms in total. The van der Waals surface area contributed by atoms with Crippen LogP contribution in [-0.2, 0) is 0 Å². The summed E-state index contributed by atoms with van der Waals surface area (Å²) in [5.74, 6) is 3.10. The van der Waals surface area contributed by atoms with E-state index in [0.29, 0.717) is 0 Å². The summed E-state index contributed by atoms with van der Waals surface area (Å²) >= 11 is 1.98. The Morgan fingerprint density at radius 1 is 1.16 bits per heavy atom. The molecule has 19 heavy (non-hydrogen) atoms. The molecule has 0 aliphatic carbocycles. The summed E-state index contributed by atoms with van der Waals surface area (Å²) in [6, 6.07) is 10.7. The molecule has 0 aromatic heterocycles. The molecule has 1 N–H and O–H groups in total. The highest BCUT2D eigenvalue weighted by Gasteiger charge is 2.32. The maximum Gasteiger partial charge on any atom is 0.0108 e. The van der Waals surface area contributed by atoms with Crippen LogP contribution in [0.2, 0.25) is 0 Å². The van der Waals surface area contributed by atoms with Gasteiger partial charge in [-0.25, -0.2) is 0 Å². The van der Waals surface area contributed by atoms with Crippen molar-refractivity contribution in [3.63, 3.8) is 0 Å². The summed E-state index contributed by atoms with van der Waals surface area (Å²) in [4.78, 5) is 4.05. The number of benzene rings is 1. The Bertz CT molecular complexity index is 374. The topological polar surface area (TPSA) is 15.3 Å². The van der Waals surface area contributed by atoms with Crippen LogP contribution in [0, 0.1) is 11.8 Å². The number of hydrogen-bond donors (Lipinski definition) is 1. The Kier molecular flexibility index (Phi) is 6.02. The van der Waals surface area contributed by atoms with E-state index in [1.54, 1.807) is 0 Å². The first-order valence-electron chi connectivity index (χ1n) is 7.03. The van der Waals surface area contributed by atoms with E-state index in [-0.39, 0.29) is 12.4 Å². The van der Waals surface area contributed by atoms with Crippen LogP contribution in [0.15, 0.2) is 35.2 Å². The second-order valence-electron chi connectivity index (χ2n) is 5.43. The van der Waals surface area contributed by atoms with Gasteiger partial charge in [-0.3, -0.25) is 0 Å². The zero-order chi connectivity index (χ0) is 12.2. The smallest absolute Gasteiger partial charge is 0.0108 e. The van der Waals surface area contributed by atoms with Crippen LogP contribution < -0.4 is 5.32 Å². The Hall–Kier alpha value is -0.220. The molecule has 106 valence electrons. The molecule has 2 unspecified atom stereocenters. The van der Waals surface area contributed by atoms with Crippen molar-refractivity contribution < 1.29 is 0 Å². The Labute approximate surface area is 126 Å². The Morgan fingerprint density at radius 2 is 1.95 bits per heavy atom. The summed E-state index contributed by atoms with van der Waals surface area (Å²) in [6.07, 6.45) is 1.40. The molecule has 2 heterocycles. The molecule has 1 aromatic carbocycles. The van der Waals surface area contributed by atoms with Crippen molar-refractivity contribution in [3.05, 3.63) is 30.3 Å². The zero-order valence-electron chi connectivity index (χ0n) is 11.3. The first kappa shape index (κ1) is 15.2. The van der Waals surface area contributed by atoms with E-state index in [4.69, 9.17) is 0 Å². The fourth-order valence-corrected chi connectivity index (χ4v) is 4.06. The summed E-state index contributed by atoms with van der Waals surface area (Å²) in [7, 11) is 0. The monoisotopic (exact) mass is 298 g/mol. The van der Waals surface area contributed by atoms with Crippen molar-refractivity contribution >= 4 is 24.2 Å². The lowest BCUT2D eigenvalue weighted by atomic mass is 9.89. The predicted molar refractivity (Wildman–Crippen MR) is 85.3 cm³/mol. The number of nitrogens with one attached hydrogen (secondary N) is 1. The lowest BCUT2D eigenvalue weighted by molar-refractivity contribution is 0.157. The highest BCUT2D eigenvalue weighted by atomic mass is 35.5. The second-order valence-corrected chi connectivity index (χ2v) is 6.60. The molecule has 2 fully saturated rings. The molecule has 2 saturated heterocycles. The highest BCUT2D eigenvalue weighted by Crippen LogP contribution is 2.27. The van der Waals surface area contributed by atoms with Crippen LogP contribution in [0.25, 0.3) is 0 Å². The highest BCUT2D eigenvalue weighted by molar-refractivity contribution is 7.99. The third-order valence-corrected chi connectivity index (χ3v) is 5.20. The van der Waals surface area contributed by atoms with Crippen molar-refractivity contribution in [1.82, 2.24) is 10.2 Å². The standard InChI is InChI=1S/C15H22N2S.ClH/c1-2-4-15(5-3-1)18-9-8-17-7-6-13-10-16-11-14(13)12-17;/h1-5,13-14,16H,6-12H2;1H. The van der Waals surface area contributed by atoms with Crippen LogP contribution in [0.5, 0.6) is 0 Å². The SMILES string of the molecule is Cl.c1ccc(SCCN2CCC3CNCC3C2)cc1. The summed E-state index contributed by atoms with van der Waals surface area (Å²) in [5, 5.41) is 3.53.